The second-order valence-electron chi connectivity index (χ2n) is 4.22. The minimum atomic E-state index is 0.315. The highest BCUT2D eigenvalue weighted by atomic mass is 16.3. The lowest BCUT2D eigenvalue weighted by Gasteiger charge is -2.17. The Bertz CT molecular complexity index is 149. The monoisotopic (exact) mass is 170 g/mol. The van der Waals surface area contributed by atoms with Crippen LogP contribution in [0, 0.1) is 11.8 Å². The Kier molecular flexibility index (Phi) is 2.35. The van der Waals surface area contributed by atoms with Gasteiger partial charge in [0.2, 0.25) is 0 Å². The maximum atomic E-state index is 8.79. The van der Waals surface area contributed by atoms with Crippen molar-refractivity contribution in [2.24, 2.45) is 11.8 Å². The van der Waals surface area contributed by atoms with Crippen LogP contribution in [-0.4, -0.2) is 61.3 Å². The minimum Gasteiger partial charge on any atom is -0.395 e. The highest BCUT2D eigenvalue weighted by Gasteiger charge is 2.37. The van der Waals surface area contributed by atoms with E-state index in [1.54, 1.807) is 0 Å². The van der Waals surface area contributed by atoms with Crippen molar-refractivity contribution in [2.75, 3.05) is 46.4 Å². The van der Waals surface area contributed by atoms with Crippen molar-refractivity contribution < 1.29 is 5.11 Å². The fourth-order valence-electron chi connectivity index (χ4n) is 2.65. The summed E-state index contributed by atoms with van der Waals surface area (Å²) < 4.78 is 0. The van der Waals surface area contributed by atoms with E-state index in [0.29, 0.717) is 6.61 Å². The first-order valence-electron chi connectivity index (χ1n) is 4.81. The summed E-state index contributed by atoms with van der Waals surface area (Å²) in [7, 11) is 2.20. The summed E-state index contributed by atoms with van der Waals surface area (Å²) in [5, 5.41) is 8.79. The molecule has 0 unspecified atom stereocenters. The highest BCUT2D eigenvalue weighted by molar-refractivity contribution is 4.91. The quantitative estimate of drug-likeness (QED) is 0.603. The average Bonchev–Trinajstić information content (AvgIpc) is 2.44. The van der Waals surface area contributed by atoms with Crippen molar-refractivity contribution in [2.45, 2.75) is 0 Å². The molecule has 2 atom stereocenters. The van der Waals surface area contributed by atoms with Crippen molar-refractivity contribution >= 4 is 0 Å². The highest BCUT2D eigenvalue weighted by Crippen LogP contribution is 2.29. The number of fused-ring (bicyclic) bond motifs is 1. The third kappa shape index (κ3) is 1.49. The van der Waals surface area contributed by atoms with E-state index in [1.807, 2.05) is 0 Å². The van der Waals surface area contributed by atoms with Gasteiger partial charge in [-0.25, -0.2) is 0 Å². The lowest BCUT2D eigenvalue weighted by Crippen LogP contribution is -2.29. The summed E-state index contributed by atoms with van der Waals surface area (Å²) in [5.74, 6) is 1.75. The number of nitrogens with zero attached hydrogens (tertiary/aromatic N) is 2. The largest absolute Gasteiger partial charge is 0.395 e. The SMILES string of the molecule is CN1C[C@@H]2CN(CCO)C[C@@H]2C1. The van der Waals surface area contributed by atoms with Gasteiger partial charge in [0.1, 0.15) is 0 Å². The van der Waals surface area contributed by atoms with E-state index in [1.165, 1.54) is 26.2 Å². The van der Waals surface area contributed by atoms with Crippen LogP contribution < -0.4 is 0 Å². The summed E-state index contributed by atoms with van der Waals surface area (Å²) >= 11 is 0. The molecule has 2 fully saturated rings. The molecule has 12 heavy (non-hydrogen) atoms. The van der Waals surface area contributed by atoms with Crippen LogP contribution in [0.1, 0.15) is 0 Å². The number of aliphatic hydroxyl groups excluding tert-OH is 1. The number of aliphatic hydroxyl groups is 1. The van der Waals surface area contributed by atoms with E-state index in [2.05, 4.69) is 16.8 Å². The van der Waals surface area contributed by atoms with Crippen molar-refractivity contribution in [1.82, 2.24) is 9.80 Å². The smallest absolute Gasteiger partial charge is 0.0558 e. The van der Waals surface area contributed by atoms with Gasteiger partial charge < -0.3 is 14.9 Å². The zero-order valence-electron chi connectivity index (χ0n) is 7.74. The van der Waals surface area contributed by atoms with Crippen LogP contribution in [0.3, 0.4) is 0 Å². The zero-order chi connectivity index (χ0) is 8.55. The molecule has 2 aliphatic heterocycles. The van der Waals surface area contributed by atoms with E-state index < -0.39 is 0 Å². The molecular formula is C9H18N2O. The molecule has 2 rings (SSSR count). The Hall–Kier alpha value is -0.120. The van der Waals surface area contributed by atoms with Crippen LogP contribution in [0.15, 0.2) is 0 Å². The van der Waals surface area contributed by atoms with Crippen LogP contribution in [0.5, 0.6) is 0 Å². The van der Waals surface area contributed by atoms with E-state index >= 15 is 0 Å². The molecule has 3 nitrogen and oxygen atoms in total. The maximum absolute atomic E-state index is 8.79. The molecule has 2 saturated heterocycles. The lowest BCUT2D eigenvalue weighted by atomic mass is 10.0. The number of β-amino-alcohol motifs (C(OH)–C–C–N with tert-alkyl or cyclic N) is 1. The summed E-state index contributed by atoms with van der Waals surface area (Å²) in [5.41, 5.74) is 0. The normalized spacial score (nSPS) is 37.5. The molecule has 0 amide bonds. The molecule has 0 aromatic heterocycles. The lowest BCUT2D eigenvalue weighted by molar-refractivity contribution is 0.205. The van der Waals surface area contributed by atoms with Gasteiger partial charge in [0.05, 0.1) is 6.61 Å². The van der Waals surface area contributed by atoms with E-state index in [4.69, 9.17) is 5.11 Å². The number of hydrogen-bond donors (Lipinski definition) is 1. The third-order valence-corrected chi connectivity index (χ3v) is 3.16. The first-order valence-corrected chi connectivity index (χ1v) is 4.81. The fraction of sp³-hybridized carbons (Fsp3) is 1.00. The molecule has 70 valence electrons. The summed E-state index contributed by atoms with van der Waals surface area (Å²) in [6, 6.07) is 0. The second kappa shape index (κ2) is 3.32. The molecule has 0 spiro atoms. The molecule has 0 radical (unpaired) electrons. The van der Waals surface area contributed by atoms with Crippen molar-refractivity contribution in [3.63, 3.8) is 0 Å². The van der Waals surface area contributed by atoms with Crippen molar-refractivity contribution in [1.29, 1.82) is 0 Å². The van der Waals surface area contributed by atoms with Crippen LogP contribution in [0.25, 0.3) is 0 Å². The van der Waals surface area contributed by atoms with E-state index in [9.17, 15) is 0 Å². The first kappa shape index (κ1) is 8.48. The molecule has 1 N–H and O–H groups in total. The van der Waals surface area contributed by atoms with Gasteiger partial charge in [-0.3, -0.25) is 0 Å². The van der Waals surface area contributed by atoms with Gasteiger partial charge in [-0.15, -0.1) is 0 Å². The predicted octanol–water partition coefficient (Wildman–Crippen LogP) is -0.528. The van der Waals surface area contributed by atoms with Crippen molar-refractivity contribution in [3.8, 4) is 0 Å². The standard InChI is InChI=1S/C9H18N2O/c1-10-4-8-6-11(2-3-12)7-9(8)5-10/h8-9,12H,2-7H2,1H3/t8-,9+. The van der Waals surface area contributed by atoms with Crippen LogP contribution in [-0.2, 0) is 0 Å². The van der Waals surface area contributed by atoms with Crippen LogP contribution >= 0.6 is 0 Å². The average molecular weight is 170 g/mol. The maximum Gasteiger partial charge on any atom is 0.0558 e. The Morgan fingerprint density at radius 3 is 2.25 bits per heavy atom. The summed E-state index contributed by atoms with van der Waals surface area (Å²) in [6.07, 6.45) is 0. The van der Waals surface area contributed by atoms with Gasteiger partial charge in [-0.1, -0.05) is 0 Å². The molecule has 2 aliphatic rings. The first-order chi connectivity index (χ1) is 5.79. The molecule has 0 aromatic rings. The van der Waals surface area contributed by atoms with E-state index in [0.717, 1.165) is 18.4 Å². The number of hydrogen-bond acceptors (Lipinski definition) is 3. The molecule has 0 aromatic carbocycles. The summed E-state index contributed by atoms with van der Waals surface area (Å²) in [6.45, 7) is 6.11. The molecule has 0 aliphatic carbocycles. The Balaban J connectivity index is 1.85. The van der Waals surface area contributed by atoms with Gasteiger partial charge in [-0.2, -0.15) is 0 Å². The molecule has 0 saturated carbocycles. The van der Waals surface area contributed by atoms with Gasteiger partial charge in [-0.05, 0) is 18.9 Å². The Morgan fingerprint density at radius 2 is 1.75 bits per heavy atom. The van der Waals surface area contributed by atoms with Crippen molar-refractivity contribution in [3.05, 3.63) is 0 Å². The molecule has 0 bridgehead atoms. The van der Waals surface area contributed by atoms with Crippen LogP contribution in [0.2, 0.25) is 0 Å². The molecule has 2 heterocycles. The van der Waals surface area contributed by atoms with Gasteiger partial charge in [0.25, 0.3) is 0 Å². The predicted molar refractivity (Wildman–Crippen MR) is 48.0 cm³/mol. The minimum absolute atomic E-state index is 0.315. The van der Waals surface area contributed by atoms with E-state index in [-0.39, 0.29) is 0 Å². The second-order valence-corrected chi connectivity index (χ2v) is 4.22. The van der Waals surface area contributed by atoms with Gasteiger partial charge in [0.15, 0.2) is 0 Å². The summed E-state index contributed by atoms with van der Waals surface area (Å²) in [4.78, 5) is 4.81. The third-order valence-electron chi connectivity index (χ3n) is 3.16. The topological polar surface area (TPSA) is 26.7 Å². The molecule has 3 heteroatoms. The van der Waals surface area contributed by atoms with Gasteiger partial charge >= 0.3 is 0 Å². The fourth-order valence-corrected chi connectivity index (χ4v) is 2.65. The molecular weight excluding hydrogens is 152 g/mol. The Morgan fingerprint density at radius 1 is 1.17 bits per heavy atom. The van der Waals surface area contributed by atoms with Gasteiger partial charge in [0, 0.05) is 32.7 Å². The Labute approximate surface area is 74.0 Å². The van der Waals surface area contributed by atoms with Crippen LogP contribution in [0.4, 0.5) is 0 Å². The number of likely N-dealkylation sites (tertiary alicyclic amines) is 2. The number of rotatable bonds is 2. The zero-order valence-corrected chi connectivity index (χ0v) is 7.74.